The number of rotatable bonds is 2. The van der Waals surface area contributed by atoms with E-state index >= 15 is 0 Å². The third-order valence-corrected chi connectivity index (χ3v) is 4.58. The van der Waals surface area contributed by atoms with Crippen molar-refractivity contribution in [2.24, 2.45) is 0 Å². The van der Waals surface area contributed by atoms with Crippen molar-refractivity contribution < 1.29 is 0 Å². The molecule has 3 aromatic rings. The van der Waals surface area contributed by atoms with Gasteiger partial charge in [0, 0.05) is 0 Å². The molecule has 0 spiro atoms. The lowest BCUT2D eigenvalue weighted by Crippen LogP contribution is -2.28. The average Bonchev–Trinajstić information content (AvgIpc) is 3.04. The Balaban J connectivity index is 1.75. The van der Waals surface area contributed by atoms with Crippen LogP contribution in [0.4, 0.5) is 5.95 Å². The van der Waals surface area contributed by atoms with E-state index in [1.807, 2.05) is 4.68 Å². The summed E-state index contributed by atoms with van der Waals surface area (Å²) in [6.07, 6.45) is 0.923. The SMILES string of the molecule is Cc1ccc([C@H]2C[C@@H](c3ccccc3C)n3nnnc3N2)cc1. The van der Waals surface area contributed by atoms with Crippen LogP contribution in [-0.4, -0.2) is 20.2 Å². The van der Waals surface area contributed by atoms with Crippen LogP contribution in [0.5, 0.6) is 0 Å². The molecule has 2 atom stereocenters. The van der Waals surface area contributed by atoms with Gasteiger partial charge in [0.05, 0.1) is 12.1 Å². The molecule has 5 heteroatoms. The maximum Gasteiger partial charge on any atom is 0.243 e. The minimum atomic E-state index is 0.147. The molecule has 1 aliphatic rings. The third kappa shape index (κ3) is 2.48. The van der Waals surface area contributed by atoms with Gasteiger partial charge in [-0.2, -0.15) is 0 Å². The first kappa shape index (κ1) is 13.9. The quantitative estimate of drug-likeness (QED) is 0.788. The number of hydrogen-bond acceptors (Lipinski definition) is 4. The first-order valence-electron chi connectivity index (χ1n) is 7.89. The summed E-state index contributed by atoms with van der Waals surface area (Å²) in [4.78, 5) is 0. The van der Waals surface area contributed by atoms with Crippen LogP contribution in [0.1, 0.15) is 40.8 Å². The molecule has 0 saturated carbocycles. The number of nitrogens with one attached hydrogen (secondary N) is 1. The third-order valence-electron chi connectivity index (χ3n) is 4.58. The Kier molecular flexibility index (Phi) is 3.33. The van der Waals surface area contributed by atoms with Gasteiger partial charge in [0.15, 0.2) is 0 Å². The fraction of sp³-hybridized carbons (Fsp3) is 0.278. The molecule has 0 unspecified atom stereocenters. The first-order chi connectivity index (χ1) is 11.2. The molecule has 23 heavy (non-hydrogen) atoms. The highest BCUT2D eigenvalue weighted by Gasteiger charge is 2.31. The largest absolute Gasteiger partial charge is 0.346 e. The Morgan fingerprint density at radius 2 is 1.83 bits per heavy atom. The Hall–Kier alpha value is -2.69. The zero-order valence-corrected chi connectivity index (χ0v) is 13.3. The predicted octanol–water partition coefficient (Wildman–Crippen LogP) is 3.44. The lowest BCUT2D eigenvalue weighted by Gasteiger charge is -2.31. The zero-order chi connectivity index (χ0) is 15.8. The van der Waals surface area contributed by atoms with Crippen LogP contribution in [0.25, 0.3) is 0 Å². The molecule has 1 N–H and O–H groups in total. The van der Waals surface area contributed by atoms with Crippen LogP contribution in [0.3, 0.4) is 0 Å². The maximum atomic E-state index is 4.19. The molecule has 1 aromatic heterocycles. The van der Waals surface area contributed by atoms with Gasteiger partial charge in [0.25, 0.3) is 0 Å². The molecule has 0 aliphatic carbocycles. The lowest BCUT2D eigenvalue weighted by atomic mass is 9.91. The van der Waals surface area contributed by atoms with Crippen molar-refractivity contribution >= 4 is 5.95 Å². The molecule has 1 aliphatic heterocycles. The highest BCUT2D eigenvalue weighted by molar-refractivity contribution is 5.39. The average molecular weight is 305 g/mol. The van der Waals surface area contributed by atoms with Crippen molar-refractivity contribution in [1.29, 1.82) is 0 Å². The summed E-state index contributed by atoms with van der Waals surface area (Å²) < 4.78 is 1.90. The van der Waals surface area contributed by atoms with Crippen molar-refractivity contribution in [3.8, 4) is 0 Å². The minimum absolute atomic E-state index is 0.147. The smallest absolute Gasteiger partial charge is 0.243 e. The first-order valence-corrected chi connectivity index (χ1v) is 7.89. The van der Waals surface area contributed by atoms with Crippen molar-refractivity contribution in [2.75, 3.05) is 5.32 Å². The number of tetrazole rings is 1. The molecule has 0 bridgehead atoms. The van der Waals surface area contributed by atoms with Crippen LogP contribution in [0.15, 0.2) is 48.5 Å². The molecule has 2 heterocycles. The van der Waals surface area contributed by atoms with Gasteiger partial charge in [-0.15, -0.1) is 0 Å². The molecular formula is C18H19N5. The maximum absolute atomic E-state index is 4.19. The summed E-state index contributed by atoms with van der Waals surface area (Å²) in [5, 5.41) is 15.6. The van der Waals surface area contributed by atoms with Gasteiger partial charge in [0.1, 0.15) is 0 Å². The van der Waals surface area contributed by atoms with Crippen molar-refractivity contribution in [2.45, 2.75) is 32.4 Å². The van der Waals surface area contributed by atoms with Gasteiger partial charge in [-0.25, -0.2) is 4.68 Å². The van der Waals surface area contributed by atoms with E-state index in [4.69, 9.17) is 0 Å². The molecule has 0 radical (unpaired) electrons. The normalized spacial score (nSPS) is 19.9. The number of hydrogen-bond donors (Lipinski definition) is 1. The zero-order valence-electron chi connectivity index (χ0n) is 13.3. The molecular weight excluding hydrogens is 286 g/mol. The number of aromatic nitrogens is 4. The van der Waals surface area contributed by atoms with Gasteiger partial charge >= 0.3 is 0 Å². The molecule has 0 fully saturated rings. The van der Waals surface area contributed by atoms with Gasteiger partial charge in [0.2, 0.25) is 5.95 Å². The number of fused-ring (bicyclic) bond motifs is 1. The summed E-state index contributed by atoms with van der Waals surface area (Å²) in [5.74, 6) is 0.732. The Morgan fingerprint density at radius 3 is 2.61 bits per heavy atom. The van der Waals surface area contributed by atoms with Crippen LogP contribution in [0, 0.1) is 13.8 Å². The van der Waals surface area contributed by atoms with Crippen molar-refractivity contribution in [1.82, 2.24) is 20.2 Å². The second-order valence-electron chi connectivity index (χ2n) is 6.16. The predicted molar refractivity (Wildman–Crippen MR) is 89.3 cm³/mol. The fourth-order valence-electron chi connectivity index (χ4n) is 3.27. The molecule has 0 saturated heterocycles. The number of aryl methyl sites for hydroxylation is 2. The van der Waals surface area contributed by atoms with E-state index < -0.39 is 0 Å². The van der Waals surface area contributed by atoms with E-state index in [1.165, 1.54) is 22.3 Å². The van der Waals surface area contributed by atoms with E-state index in [9.17, 15) is 0 Å². The van der Waals surface area contributed by atoms with E-state index in [-0.39, 0.29) is 12.1 Å². The van der Waals surface area contributed by atoms with Gasteiger partial charge < -0.3 is 5.32 Å². The van der Waals surface area contributed by atoms with Crippen molar-refractivity contribution in [3.63, 3.8) is 0 Å². The highest BCUT2D eigenvalue weighted by Crippen LogP contribution is 2.37. The Morgan fingerprint density at radius 1 is 1.04 bits per heavy atom. The summed E-state index contributed by atoms with van der Waals surface area (Å²) in [6, 6.07) is 17.5. The molecule has 116 valence electrons. The lowest BCUT2D eigenvalue weighted by molar-refractivity contribution is 0.422. The monoisotopic (exact) mass is 305 g/mol. The molecule has 0 amide bonds. The minimum Gasteiger partial charge on any atom is -0.346 e. The van der Waals surface area contributed by atoms with Crippen LogP contribution >= 0.6 is 0 Å². The number of benzene rings is 2. The van der Waals surface area contributed by atoms with E-state index in [0.717, 1.165) is 12.4 Å². The van der Waals surface area contributed by atoms with Gasteiger partial charge in [-0.3, -0.25) is 0 Å². The summed E-state index contributed by atoms with van der Waals surface area (Å²) in [7, 11) is 0. The topological polar surface area (TPSA) is 55.6 Å². The Bertz CT molecular complexity index is 821. The number of nitrogens with zero attached hydrogens (tertiary/aromatic N) is 4. The summed E-state index contributed by atoms with van der Waals surface area (Å²) >= 11 is 0. The van der Waals surface area contributed by atoms with E-state index in [1.54, 1.807) is 0 Å². The molecule has 4 rings (SSSR count). The fourth-order valence-corrected chi connectivity index (χ4v) is 3.27. The van der Waals surface area contributed by atoms with Crippen LogP contribution in [-0.2, 0) is 0 Å². The highest BCUT2D eigenvalue weighted by atomic mass is 15.6. The van der Waals surface area contributed by atoms with Crippen molar-refractivity contribution in [3.05, 3.63) is 70.8 Å². The van der Waals surface area contributed by atoms with Crippen LogP contribution in [0.2, 0.25) is 0 Å². The van der Waals surface area contributed by atoms with Gasteiger partial charge in [-0.05, 0) is 47.4 Å². The van der Waals surface area contributed by atoms with E-state index in [0.29, 0.717) is 0 Å². The van der Waals surface area contributed by atoms with Crippen LogP contribution < -0.4 is 5.32 Å². The summed E-state index contributed by atoms with van der Waals surface area (Å²) in [6.45, 7) is 4.25. The standard InChI is InChI=1S/C18H19N5/c1-12-7-9-14(10-8-12)16-11-17(15-6-4-3-5-13(15)2)23-18(19-16)20-21-22-23/h3-10,16-17H,11H2,1-2H3,(H,19,20,22)/t16-,17+/m1/s1. The Labute approximate surface area is 135 Å². The second-order valence-corrected chi connectivity index (χ2v) is 6.16. The number of anilines is 1. The van der Waals surface area contributed by atoms with E-state index in [2.05, 4.69) is 83.2 Å². The summed E-state index contributed by atoms with van der Waals surface area (Å²) in [5.41, 5.74) is 5.08. The molecule has 2 aromatic carbocycles. The second kappa shape index (κ2) is 5.50. The molecule has 5 nitrogen and oxygen atoms in total. The van der Waals surface area contributed by atoms with Gasteiger partial charge in [-0.1, -0.05) is 59.2 Å².